The molecule has 1 N–H and O–H groups in total. The third-order valence-electron chi connectivity index (χ3n) is 7.00. The van der Waals surface area contributed by atoms with Crippen molar-refractivity contribution in [2.75, 3.05) is 25.0 Å². The molecular formula is C31H31ClN4O2. The Morgan fingerprint density at radius 1 is 1.05 bits per heavy atom. The van der Waals surface area contributed by atoms with E-state index in [1.165, 1.54) is 24.0 Å². The Morgan fingerprint density at radius 2 is 1.79 bits per heavy atom. The summed E-state index contributed by atoms with van der Waals surface area (Å²) in [6, 6.07) is 26.3. The van der Waals surface area contributed by atoms with Crippen LogP contribution in [0.2, 0.25) is 5.02 Å². The molecule has 38 heavy (non-hydrogen) atoms. The van der Waals surface area contributed by atoms with Crippen LogP contribution in [0.1, 0.15) is 48.2 Å². The predicted molar refractivity (Wildman–Crippen MR) is 150 cm³/mol. The van der Waals surface area contributed by atoms with E-state index in [1.807, 2.05) is 48.5 Å². The second-order valence-corrected chi connectivity index (χ2v) is 9.86. The molecule has 1 atom stereocenters. The number of hydrogen-bond donors (Lipinski definition) is 1. The van der Waals surface area contributed by atoms with Gasteiger partial charge in [0.05, 0.1) is 6.04 Å². The van der Waals surface area contributed by atoms with Gasteiger partial charge in [0.25, 0.3) is 0 Å². The van der Waals surface area contributed by atoms with Gasteiger partial charge in [-0.2, -0.15) is 10.2 Å². The Hall–Kier alpha value is -3.79. The number of nitrogens with one attached hydrogen (secondary N) is 1. The first-order valence-electron chi connectivity index (χ1n) is 13.1. The quantitative estimate of drug-likeness (QED) is 0.234. The number of anilines is 1. The average Bonchev–Trinajstić information content (AvgIpc) is 3.64. The van der Waals surface area contributed by atoms with E-state index in [4.69, 9.17) is 20.8 Å². The van der Waals surface area contributed by atoms with Crippen molar-refractivity contribution < 1.29 is 9.15 Å². The Bertz CT molecular complexity index is 1390. The number of oxazole rings is 1. The molecule has 5 rings (SSSR count). The van der Waals surface area contributed by atoms with Crippen LogP contribution in [0.5, 0.6) is 5.75 Å². The molecule has 1 saturated heterocycles. The van der Waals surface area contributed by atoms with Crippen LogP contribution in [-0.2, 0) is 13.0 Å². The van der Waals surface area contributed by atoms with Gasteiger partial charge >= 0.3 is 0 Å². The third kappa shape index (κ3) is 6.02. The van der Waals surface area contributed by atoms with Gasteiger partial charge in [-0.15, -0.1) is 0 Å². The normalized spacial score (nSPS) is 14.2. The minimum atomic E-state index is 0.193. The SMILES string of the molecule is CCc1ccc(C(CNc2oc(-c3ccc(OCc4ccccc4Cl)cc3)nc2C#N)N2CCCC2)cc1. The number of nitriles is 1. The van der Waals surface area contributed by atoms with E-state index in [1.54, 1.807) is 0 Å². The van der Waals surface area contributed by atoms with Crippen LogP contribution in [0.4, 0.5) is 5.88 Å². The Kier molecular flexibility index (Phi) is 8.28. The maximum absolute atomic E-state index is 9.72. The zero-order chi connectivity index (χ0) is 26.3. The lowest BCUT2D eigenvalue weighted by Crippen LogP contribution is -2.31. The zero-order valence-electron chi connectivity index (χ0n) is 21.5. The highest BCUT2D eigenvalue weighted by Crippen LogP contribution is 2.30. The van der Waals surface area contributed by atoms with Gasteiger partial charge in [0, 0.05) is 22.7 Å². The van der Waals surface area contributed by atoms with E-state index in [0.29, 0.717) is 35.7 Å². The predicted octanol–water partition coefficient (Wildman–Crippen LogP) is 7.26. The highest BCUT2D eigenvalue weighted by Gasteiger charge is 2.25. The fourth-order valence-electron chi connectivity index (χ4n) is 4.79. The summed E-state index contributed by atoms with van der Waals surface area (Å²) in [6.07, 6.45) is 3.43. The maximum atomic E-state index is 9.72. The fraction of sp³-hybridized carbons (Fsp3) is 0.290. The summed E-state index contributed by atoms with van der Waals surface area (Å²) in [6.45, 7) is 5.31. The molecule has 1 aliphatic rings. The number of nitrogens with zero attached hydrogens (tertiary/aromatic N) is 3. The highest BCUT2D eigenvalue weighted by atomic mass is 35.5. The van der Waals surface area contributed by atoms with Gasteiger partial charge in [-0.3, -0.25) is 4.90 Å². The average molecular weight is 527 g/mol. The molecule has 3 aromatic carbocycles. The van der Waals surface area contributed by atoms with Gasteiger partial charge in [0.15, 0.2) is 0 Å². The number of halogens is 1. The van der Waals surface area contributed by atoms with Crippen molar-refractivity contribution in [2.45, 2.75) is 38.8 Å². The van der Waals surface area contributed by atoms with Crippen LogP contribution in [0.15, 0.2) is 77.2 Å². The van der Waals surface area contributed by atoms with Crippen molar-refractivity contribution in [3.05, 3.63) is 100 Å². The maximum Gasteiger partial charge on any atom is 0.232 e. The van der Waals surface area contributed by atoms with Crippen molar-refractivity contribution in [1.82, 2.24) is 9.88 Å². The first-order valence-corrected chi connectivity index (χ1v) is 13.5. The lowest BCUT2D eigenvalue weighted by molar-refractivity contribution is 0.255. The summed E-state index contributed by atoms with van der Waals surface area (Å²) in [5.41, 5.74) is 4.54. The molecule has 0 bridgehead atoms. The van der Waals surface area contributed by atoms with Gasteiger partial charge in [-0.1, -0.05) is 61.0 Å². The Labute approximate surface area is 228 Å². The van der Waals surface area contributed by atoms with E-state index in [2.05, 4.69) is 52.5 Å². The molecule has 0 spiro atoms. The highest BCUT2D eigenvalue weighted by molar-refractivity contribution is 6.31. The molecule has 1 aromatic heterocycles. The molecule has 7 heteroatoms. The lowest BCUT2D eigenvalue weighted by atomic mass is 10.0. The van der Waals surface area contributed by atoms with E-state index in [0.717, 1.165) is 30.6 Å². The van der Waals surface area contributed by atoms with Crippen molar-refractivity contribution in [2.24, 2.45) is 0 Å². The molecular weight excluding hydrogens is 496 g/mol. The summed E-state index contributed by atoms with van der Waals surface area (Å²) in [5.74, 6) is 1.50. The fourth-order valence-corrected chi connectivity index (χ4v) is 4.98. The van der Waals surface area contributed by atoms with Crippen molar-refractivity contribution >= 4 is 17.5 Å². The van der Waals surface area contributed by atoms with Crippen LogP contribution in [-0.4, -0.2) is 29.5 Å². The molecule has 0 radical (unpaired) electrons. The van der Waals surface area contributed by atoms with Gasteiger partial charge < -0.3 is 14.5 Å². The van der Waals surface area contributed by atoms with Crippen LogP contribution < -0.4 is 10.1 Å². The van der Waals surface area contributed by atoms with Crippen LogP contribution in [0.25, 0.3) is 11.5 Å². The van der Waals surface area contributed by atoms with Crippen molar-refractivity contribution in [3.8, 4) is 23.3 Å². The van der Waals surface area contributed by atoms with Crippen LogP contribution >= 0.6 is 11.6 Å². The number of likely N-dealkylation sites (tertiary alicyclic amines) is 1. The number of benzene rings is 3. The number of hydrogen-bond acceptors (Lipinski definition) is 6. The molecule has 1 fully saturated rings. The minimum Gasteiger partial charge on any atom is -0.489 e. The smallest absolute Gasteiger partial charge is 0.232 e. The second kappa shape index (κ2) is 12.2. The molecule has 4 aromatic rings. The van der Waals surface area contributed by atoms with Gasteiger partial charge in [-0.05, 0) is 73.8 Å². The molecule has 1 aliphatic heterocycles. The zero-order valence-corrected chi connectivity index (χ0v) is 22.2. The lowest BCUT2D eigenvalue weighted by Gasteiger charge is -2.28. The number of aryl methyl sites for hydroxylation is 1. The van der Waals surface area contributed by atoms with Crippen molar-refractivity contribution in [3.63, 3.8) is 0 Å². The Morgan fingerprint density at radius 3 is 2.47 bits per heavy atom. The minimum absolute atomic E-state index is 0.193. The van der Waals surface area contributed by atoms with E-state index in [-0.39, 0.29) is 11.7 Å². The molecule has 0 saturated carbocycles. The van der Waals surface area contributed by atoms with E-state index in [9.17, 15) is 5.26 Å². The van der Waals surface area contributed by atoms with Crippen molar-refractivity contribution in [1.29, 1.82) is 5.26 Å². The summed E-state index contributed by atoms with van der Waals surface area (Å²) in [4.78, 5) is 6.94. The standard InChI is InChI=1S/C31H31ClN4O2/c1-2-22-9-11-23(12-10-22)29(36-17-5-6-18-36)20-34-31-28(19-33)35-30(38-31)24-13-15-26(16-14-24)37-21-25-7-3-4-8-27(25)32/h3-4,7-16,29,34H,2,5-6,17-18,20-21H2,1H3. The monoisotopic (exact) mass is 526 g/mol. The van der Waals surface area contributed by atoms with E-state index < -0.39 is 0 Å². The third-order valence-corrected chi connectivity index (χ3v) is 7.37. The first kappa shape index (κ1) is 25.8. The summed E-state index contributed by atoms with van der Waals surface area (Å²) >= 11 is 6.22. The second-order valence-electron chi connectivity index (χ2n) is 9.45. The largest absolute Gasteiger partial charge is 0.489 e. The first-order chi connectivity index (χ1) is 18.6. The summed E-state index contributed by atoms with van der Waals surface area (Å²) in [7, 11) is 0. The molecule has 2 heterocycles. The number of ether oxygens (including phenoxy) is 1. The topological polar surface area (TPSA) is 74.3 Å². The molecule has 0 aliphatic carbocycles. The molecule has 6 nitrogen and oxygen atoms in total. The van der Waals surface area contributed by atoms with E-state index >= 15 is 0 Å². The number of aromatic nitrogens is 1. The van der Waals surface area contributed by atoms with Gasteiger partial charge in [-0.25, -0.2) is 0 Å². The molecule has 194 valence electrons. The summed E-state index contributed by atoms with van der Waals surface area (Å²) in [5, 5.41) is 13.8. The summed E-state index contributed by atoms with van der Waals surface area (Å²) < 4.78 is 11.9. The number of rotatable bonds is 10. The van der Waals surface area contributed by atoms with Crippen LogP contribution in [0.3, 0.4) is 0 Å². The Balaban J connectivity index is 1.28. The van der Waals surface area contributed by atoms with Crippen LogP contribution in [0, 0.1) is 11.3 Å². The molecule has 1 unspecified atom stereocenters. The van der Waals surface area contributed by atoms with Gasteiger partial charge in [0.2, 0.25) is 17.5 Å². The van der Waals surface area contributed by atoms with Gasteiger partial charge in [0.1, 0.15) is 18.4 Å². The molecule has 0 amide bonds.